The van der Waals surface area contributed by atoms with Gasteiger partial charge in [-0.15, -0.1) is 0 Å². The number of hydrogen-bond donors (Lipinski definition) is 2. The molecule has 0 unspecified atom stereocenters. The molecule has 1 aliphatic heterocycles. The van der Waals surface area contributed by atoms with Crippen molar-refractivity contribution in [2.75, 3.05) is 23.3 Å². The van der Waals surface area contributed by atoms with Crippen LogP contribution in [-0.4, -0.2) is 44.0 Å². The monoisotopic (exact) mass is 455 g/mol. The fourth-order valence-electron chi connectivity index (χ4n) is 4.37. The Morgan fingerprint density at radius 2 is 1.88 bits per heavy atom. The van der Waals surface area contributed by atoms with Crippen molar-refractivity contribution < 1.29 is 4.79 Å². The maximum atomic E-state index is 12.5. The number of carbonyl (C=O) groups excluding carboxylic acids is 1. The maximum absolute atomic E-state index is 12.5. The van der Waals surface area contributed by atoms with Gasteiger partial charge in [0.25, 0.3) is 5.56 Å². The number of piperidine rings is 1. The molecule has 5 rings (SSSR count). The van der Waals surface area contributed by atoms with Gasteiger partial charge in [-0.05, 0) is 37.8 Å². The number of nitrogens with zero attached hydrogens (tertiary/aromatic N) is 5. The number of Topliss-reactive ketones (excluding diaryl/α,β-unsaturated/α-hetero) is 1. The van der Waals surface area contributed by atoms with Crippen LogP contribution in [0.3, 0.4) is 0 Å². The lowest BCUT2D eigenvalue weighted by Gasteiger charge is -2.32. The van der Waals surface area contributed by atoms with E-state index in [0.717, 1.165) is 37.3 Å². The molecule has 0 spiro atoms. The number of carbonyl (C=O) groups is 1. The summed E-state index contributed by atoms with van der Waals surface area (Å²) in [5.41, 5.74) is 1.65. The molecule has 0 amide bonds. The predicted octanol–water partition coefficient (Wildman–Crippen LogP) is 3.71. The number of pyridine rings is 1. The summed E-state index contributed by atoms with van der Waals surface area (Å²) >= 11 is 0. The normalized spacial score (nSPS) is 14.3. The van der Waals surface area contributed by atoms with Crippen molar-refractivity contribution in [2.45, 2.75) is 26.2 Å². The summed E-state index contributed by atoms with van der Waals surface area (Å²) < 4.78 is 0. The van der Waals surface area contributed by atoms with Crippen molar-refractivity contribution in [2.24, 2.45) is 5.92 Å². The van der Waals surface area contributed by atoms with E-state index in [1.54, 1.807) is 13.1 Å². The van der Waals surface area contributed by atoms with E-state index in [2.05, 4.69) is 35.4 Å². The minimum Gasteiger partial charge on any atom is -0.357 e. The third kappa shape index (κ3) is 4.63. The summed E-state index contributed by atoms with van der Waals surface area (Å²) in [6, 6.07) is 13.5. The fourth-order valence-corrected chi connectivity index (χ4v) is 4.37. The molecule has 1 saturated heterocycles. The SMILES string of the molecule is CC(=O)CC1CCN(c2ccc(Nc3nc(-c4ccccc4)nc4cn[nH]c(=O)c34)cn2)CC1. The Balaban J connectivity index is 1.39. The molecule has 3 aromatic heterocycles. The summed E-state index contributed by atoms with van der Waals surface area (Å²) in [6.07, 6.45) is 5.91. The van der Waals surface area contributed by atoms with Gasteiger partial charge in [-0.25, -0.2) is 20.1 Å². The maximum Gasteiger partial charge on any atom is 0.277 e. The Bertz CT molecular complexity index is 1360. The molecule has 4 heterocycles. The van der Waals surface area contributed by atoms with Crippen LogP contribution < -0.4 is 15.8 Å². The lowest BCUT2D eigenvalue weighted by Crippen LogP contribution is -2.34. The van der Waals surface area contributed by atoms with Gasteiger partial charge >= 0.3 is 0 Å². The average Bonchev–Trinajstić information content (AvgIpc) is 2.85. The molecule has 172 valence electrons. The smallest absolute Gasteiger partial charge is 0.277 e. The lowest BCUT2D eigenvalue weighted by atomic mass is 9.92. The number of aromatic amines is 1. The van der Waals surface area contributed by atoms with Gasteiger partial charge in [0.05, 0.1) is 18.1 Å². The average molecular weight is 456 g/mol. The number of rotatable bonds is 6. The van der Waals surface area contributed by atoms with E-state index in [0.29, 0.717) is 40.6 Å². The van der Waals surface area contributed by atoms with E-state index in [1.807, 2.05) is 42.5 Å². The number of nitrogens with one attached hydrogen (secondary N) is 2. The number of aromatic nitrogens is 5. The van der Waals surface area contributed by atoms with E-state index < -0.39 is 0 Å². The van der Waals surface area contributed by atoms with Crippen LogP contribution in [0.25, 0.3) is 22.3 Å². The summed E-state index contributed by atoms with van der Waals surface area (Å²) in [4.78, 5) is 39.9. The van der Waals surface area contributed by atoms with Crippen molar-refractivity contribution in [3.05, 3.63) is 65.2 Å². The molecule has 9 nitrogen and oxygen atoms in total. The second-order valence-corrected chi connectivity index (χ2v) is 8.59. The zero-order valence-electron chi connectivity index (χ0n) is 18.9. The Labute approximate surface area is 196 Å². The molecule has 1 aromatic carbocycles. The van der Waals surface area contributed by atoms with Crippen molar-refractivity contribution in [3.63, 3.8) is 0 Å². The van der Waals surface area contributed by atoms with Crippen molar-refractivity contribution in [1.82, 2.24) is 25.1 Å². The molecule has 1 fully saturated rings. The molecule has 0 radical (unpaired) electrons. The third-order valence-electron chi connectivity index (χ3n) is 6.07. The van der Waals surface area contributed by atoms with Crippen LogP contribution in [0.1, 0.15) is 26.2 Å². The van der Waals surface area contributed by atoms with E-state index in [4.69, 9.17) is 0 Å². The van der Waals surface area contributed by atoms with Crippen LogP contribution in [-0.2, 0) is 4.79 Å². The van der Waals surface area contributed by atoms with E-state index in [-0.39, 0.29) is 11.3 Å². The predicted molar refractivity (Wildman–Crippen MR) is 131 cm³/mol. The van der Waals surface area contributed by atoms with Crippen LogP contribution in [0.4, 0.5) is 17.3 Å². The van der Waals surface area contributed by atoms with Gasteiger partial charge in [-0.1, -0.05) is 30.3 Å². The molecule has 34 heavy (non-hydrogen) atoms. The lowest BCUT2D eigenvalue weighted by molar-refractivity contribution is -0.118. The Morgan fingerprint density at radius 3 is 2.59 bits per heavy atom. The first-order valence-corrected chi connectivity index (χ1v) is 11.3. The van der Waals surface area contributed by atoms with Crippen LogP contribution in [0.15, 0.2) is 59.7 Å². The zero-order chi connectivity index (χ0) is 23.5. The van der Waals surface area contributed by atoms with E-state index in [9.17, 15) is 9.59 Å². The summed E-state index contributed by atoms with van der Waals surface area (Å²) in [5, 5.41) is 9.92. The molecule has 9 heteroatoms. The number of hydrogen-bond acceptors (Lipinski definition) is 8. The first kappa shape index (κ1) is 21.7. The van der Waals surface area contributed by atoms with Gasteiger partial charge < -0.3 is 15.0 Å². The van der Waals surface area contributed by atoms with Crippen LogP contribution >= 0.6 is 0 Å². The minimum atomic E-state index is -0.363. The van der Waals surface area contributed by atoms with Crippen molar-refractivity contribution in [1.29, 1.82) is 0 Å². The largest absolute Gasteiger partial charge is 0.357 e. The second kappa shape index (κ2) is 9.38. The van der Waals surface area contributed by atoms with Crippen LogP contribution in [0.5, 0.6) is 0 Å². The van der Waals surface area contributed by atoms with E-state index in [1.165, 1.54) is 6.20 Å². The third-order valence-corrected chi connectivity index (χ3v) is 6.07. The van der Waals surface area contributed by atoms with Crippen LogP contribution in [0, 0.1) is 5.92 Å². The van der Waals surface area contributed by atoms with Crippen LogP contribution in [0.2, 0.25) is 0 Å². The molecule has 4 aromatic rings. The van der Waals surface area contributed by atoms with Gasteiger partial charge in [0.2, 0.25) is 0 Å². The minimum absolute atomic E-state index is 0.259. The van der Waals surface area contributed by atoms with Gasteiger partial charge in [0, 0.05) is 25.1 Å². The number of H-pyrrole nitrogens is 1. The van der Waals surface area contributed by atoms with Gasteiger partial charge in [-0.2, -0.15) is 5.10 Å². The Kier molecular flexibility index (Phi) is 5.99. The number of benzene rings is 1. The highest BCUT2D eigenvalue weighted by atomic mass is 16.1. The van der Waals surface area contributed by atoms with E-state index >= 15 is 0 Å². The molecule has 0 bridgehead atoms. The quantitative estimate of drug-likeness (QED) is 0.452. The highest BCUT2D eigenvalue weighted by Gasteiger charge is 2.21. The molecule has 0 saturated carbocycles. The molecule has 1 aliphatic rings. The Morgan fingerprint density at radius 1 is 1.09 bits per heavy atom. The second-order valence-electron chi connectivity index (χ2n) is 8.59. The summed E-state index contributed by atoms with van der Waals surface area (Å²) in [6.45, 7) is 3.43. The first-order valence-electron chi connectivity index (χ1n) is 11.3. The highest BCUT2D eigenvalue weighted by molar-refractivity contribution is 5.91. The number of ketones is 1. The summed E-state index contributed by atoms with van der Waals surface area (Å²) in [7, 11) is 0. The standard InChI is InChI=1S/C25H25N7O2/c1-16(33)13-17-9-11-32(12-10-17)21-8-7-19(14-26-21)28-24-22-20(15-27-31-25(22)34)29-23(30-24)18-5-3-2-4-6-18/h2-8,14-15,17H,9-13H2,1H3,(H,31,34)(H,28,29,30). The molecule has 0 atom stereocenters. The Hall–Kier alpha value is -4.14. The fraction of sp³-hybridized carbons (Fsp3) is 0.280. The zero-order valence-corrected chi connectivity index (χ0v) is 18.9. The number of anilines is 3. The molecular formula is C25H25N7O2. The number of fused-ring (bicyclic) bond motifs is 1. The van der Waals surface area contributed by atoms with Crippen molar-refractivity contribution in [3.8, 4) is 11.4 Å². The van der Waals surface area contributed by atoms with Gasteiger partial charge in [-0.3, -0.25) is 4.79 Å². The van der Waals surface area contributed by atoms with Gasteiger partial charge in [0.15, 0.2) is 5.82 Å². The topological polar surface area (TPSA) is 117 Å². The molecule has 2 N–H and O–H groups in total. The van der Waals surface area contributed by atoms with Gasteiger partial charge in [0.1, 0.15) is 28.3 Å². The molecular weight excluding hydrogens is 430 g/mol. The first-order chi connectivity index (χ1) is 16.6. The molecule has 0 aliphatic carbocycles. The summed E-state index contributed by atoms with van der Waals surface area (Å²) in [5.74, 6) is 2.51. The highest BCUT2D eigenvalue weighted by Crippen LogP contribution is 2.27. The van der Waals surface area contributed by atoms with Crippen molar-refractivity contribution >= 4 is 34.0 Å².